The van der Waals surface area contributed by atoms with Crippen LogP contribution >= 0.6 is 22.6 Å². The number of nitrogens with zero attached hydrogens (tertiary/aromatic N) is 3. The van der Waals surface area contributed by atoms with E-state index >= 15 is 0 Å². The molecule has 0 saturated carbocycles. The first-order valence-corrected chi connectivity index (χ1v) is 12.7. The van der Waals surface area contributed by atoms with Crippen LogP contribution in [-0.2, 0) is 14.9 Å². The van der Waals surface area contributed by atoms with E-state index in [1.165, 1.54) is 43.5 Å². The maximum Gasteiger partial charge on any atom is 0.339 e. The average molecular weight is 650 g/mol. The molecule has 0 aliphatic rings. The lowest BCUT2D eigenvalue weighted by atomic mass is 10.1. The zero-order chi connectivity index (χ0) is 28.0. The van der Waals surface area contributed by atoms with Crippen LogP contribution in [0.4, 0.5) is 17.1 Å². The Kier molecular flexibility index (Phi) is 8.60. The largest absolute Gasteiger partial charge is 0.493 e. The van der Waals surface area contributed by atoms with Crippen LogP contribution in [0.5, 0.6) is 11.5 Å². The van der Waals surface area contributed by atoms with Crippen molar-refractivity contribution in [2.75, 3.05) is 12.4 Å². The summed E-state index contributed by atoms with van der Waals surface area (Å²) in [6.07, 6.45) is 1.21. The van der Waals surface area contributed by atoms with Gasteiger partial charge in [-0.05, 0) is 64.6 Å². The molecular formula is C23H15IN4O9S. The van der Waals surface area contributed by atoms with Crippen molar-refractivity contribution in [3.63, 3.8) is 0 Å². The Bertz CT molecular complexity index is 1610. The van der Waals surface area contributed by atoms with Gasteiger partial charge in [-0.15, -0.1) is 0 Å². The van der Waals surface area contributed by atoms with E-state index in [9.17, 15) is 38.7 Å². The molecule has 38 heavy (non-hydrogen) atoms. The second-order valence-electron chi connectivity index (χ2n) is 7.25. The number of amides is 1. The zero-order valence-electron chi connectivity index (χ0n) is 19.2. The summed E-state index contributed by atoms with van der Waals surface area (Å²) in [5.41, 5.74) is -0.491. The molecule has 0 atom stereocenters. The van der Waals surface area contributed by atoms with Crippen molar-refractivity contribution >= 4 is 61.8 Å². The number of nitriles is 1. The Morgan fingerprint density at radius 2 is 1.71 bits per heavy atom. The Hall–Kier alpha value is -4.56. The normalized spacial score (nSPS) is 11.2. The maximum atomic E-state index is 12.7. The summed E-state index contributed by atoms with van der Waals surface area (Å²) in [5.74, 6) is -1.05. The van der Waals surface area contributed by atoms with E-state index < -0.39 is 25.9 Å². The summed E-state index contributed by atoms with van der Waals surface area (Å²) in [6.45, 7) is 0. The molecule has 0 fully saturated rings. The number of carbonyl (C=O) groups excluding carboxylic acids is 1. The first-order valence-electron chi connectivity index (χ1n) is 10.2. The van der Waals surface area contributed by atoms with Crippen LogP contribution in [-0.4, -0.2) is 31.3 Å². The van der Waals surface area contributed by atoms with Crippen LogP contribution in [0.3, 0.4) is 0 Å². The van der Waals surface area contributed by atoms with Gasteiger partial charge in [-0.25, -0.2) is 0 Å². The number of non-ortho nitro benzene ring substituents is 2. The summed E-state index contributed by atoms with van der Waals surface area (Å²) in [6, 6.07) is 13.8. The number of rotatable bonds is 9. The van der Waals surface area contributed by atoms with Crippen LogP contribution in [0, 0.1) is 35.1 Å². The molecule has 0 spiro atoms. The van der Waals surface area contributed by atoms with Gasteiger partial charge in [0.1, 0.15) is 16.5 Å². The van der Waals surface area contributed by atoms with E-state index in [-0.39, 0.29) is 48.2 Å². The summed E-state index contributed by atoms with van der Waals surface area (Å²) < 4.78 is 36.2. The SMILES string of the molecule is COc1cc(/C=C(\C#N)C(=O)Nc2cccc([N+](=O)[O-])c2)cc(I)c1OS(=O)(=O)c1ccc([N+](=O)[O-])cc1. The molecule has 0 heterocycles. The molecule has 0 unspecified atom stereocenters. The van der Waals surface area contributed by atoms with Crippen molar-refractivity contribution in [1.29, 1.82) is 5.26 Å². The predicted octanol–water partition coefficient (Wildman–Crippen LogP) is 4.43. The number of nitrogens with one attached hydrogen (secondary N) is 1. The topological polar surface area (TPSA) is 192 Å². The highest BCUT2D eigenvalue weighted by Crippen LogP contribution is 2.37. The van der Waals surface area contributed by atoms with Gasteiger partial charge in [-0.1, -0.05) is 6.07 Å². The van der Waals surface area contributed by atoms with E-state index in [0.717, 1.165) is 30.3 Å². The molecule has 194 valence electrons. The van der Waals surface area contributed by atoms with E-state index in [2.05, 4.69) is 5.32 Å². The lowest BCUT2D eigenvalue weighted by Gasteiger charge is -2.13. The molecule has 15 heteroatoms. The number of anilines is 1. The van der Waals surface area contributed by atoms with Gasteiger partial charge in [-0.2, -0.15) is 13.7 Å². The third-order valence-electron chi connectivity index (χ3n) is 4.77. The molecule has 0 radical (unpaired) electrons. The maximum absolute atomic E-state index is 12.7. The fourth-order valence-electron chi connectivity index (χ4n) is 3.01. The highest BCUT2D eigenvalue weighted by Gasteiger charge is 2.23. The first kappa shape index (κ1) is 28.0. The van der Waals surface area contributed by atoms with Gasteiger partial charge in [0.25, 0.3) is 17.3 Å². The summed E-state index contributed by atoms with van der Waals surface area (Å²) >= 11 is 1.78. The number of hydrogen-bond donors (Lipinski definition) is 1. The number of benzene rings is 3. The molecule has 3 aromatic carbocycles. The minimum Gasteiger partial charge on any atom is -0.493 e. The Labute approximate surface area is 228 Å². The van der Waals surface area contributed by atoms with E-state index in [1.54, 1.807) is 28.7 Å². The summed E-state index contributed by atoms with van der Waals surface area (Å²) in [7, 11) is -3.14. The van der Waals surface area contributed by atoms with Gasteiger partial charge in [0.15, 0.2) is 11.5 Å². The Morgan fingerprint density at radius 3 is 2.29 bits per heavy atom. The first-order chi connectivity index (χ1) is 17.9. The van der Waals surface area contributed by atoms with Crippen molar-refractivity contribution < 1.29 is 32.0 Å². The predicted molar refractivity (Wildman–Crippen MR) is 142 cm³/mol. The molecule has 0 aromatic heterocycles. The molecule has 0 saturated heterocycles. The minimum atomic E-state index is -4.40. The van der Waals surface area contributed by atoms with Gasteiger partial charge < -0.3 is 14.2 Å². The number of nitro groups is 2. The second kappa shape index (κ2) is 11.7. The molecule has 3 rings (SSSR count). The lowest BCUT2D eigenvalue weighted by Crippen LogP contribution is -2.13. The molecule has 13 nitrogen and oxygen atoms in total. The molecular weight excluding hydrogens is 635 g/mol. The minimum absolute atomic E-state index is 0.0370. The zero-order valence-corrected chi connectivity index (χ0v) is 22.1. The van der Waals surface area contributed by atoms with E-state index in [0.29, 0.717) is 0 Å². The Balaban J connectivity index is 1.89. The Morgan fingerprint density at radius 1 is 1.05 bits per heavy atom. The molecule has 1 N–H and O–H groups in total. The van der Waals surface area contributed by atoms with Crippen LogP contribution in [0.15, 0.2) is 71.1 Å². The van der Waals surface area contributed by atoms with Gasteiger partial charge in [-0.3, -0.25) is 25.0 Å². The third kappa shape index (κ3) is 6.60. The summed E-state index contributed by atoms with van der Waals surface area (Å²) in [5, 5.41) is 33.7. The van der Waals surface area contributed by atoms with Crippen LogP contribution < -0.4 is 14.2 Å². The average Bonchev–Trinajstić information content (AvgIpc) is 2.88. The number of methoxy groups -OCH3 is 1. The van der Waals surface area contributed by atoms with Crippen LogP contribution in [0.25, 0.3) is 6.08 Å². The van der Waals surface area contributed by atoms with Gasteiger partial charge in [0.2, 0.25) is 0 Å². The quantitative estimate of drug-likeness (QED) is 0.0865. The van der Waals surface area contributed by atoms with Crippen LogP contribution in [0.2, 0.25) is 0 Å². The molecule has 0 bridgehead atoms. The van der Waals surface area contributed by atoms with Crippen molar-refractivity contribution in [2.45, 2.75) is 4.90 Å². The monoisotopic (exact) mass is 650 g/mol. The number of halogens is 1. The standard InChI is InChI=1S/C23H15IN4O9S/c1-36-21-11-14(9-15(13-25)23(29)26-16-3-2-4-18(12-16)28(32)33)10-20(24)22(21)37-38(34,35)19-7-5-17(6-8-19)27(30)31/h2-12H,1H3,(H,26,29)/b15-9+. The highest BCUT2D eigenvalue weighted by molar-refractivity contribution is 14.1. The smallest absolute Gasteiger partial charge is 0.339 e. The lowest BCUT2D eigenvalue weighted by molar-refractivity contribution is -0.385. The number of carbonyl (C=O) groups is 1. The van der Waals surface area contributed by atoms with Gasteiger partial charge in [0.05, 0.1) is 20.5 Å². The van der Waals surface area contributed by atoms with E-state index in [1.807, 2.05) is 0 Å². The summed E-state index contributed by atoms with van der Waals surface area (Å²) in [4.78, 5) is 32.7. The molecule has 0 aliphatic heterocycles. The van der Waals surface area contributed by atoms with Crippen molar-refractivity contribution in [3.05, 3.63) is 95.6 Å². The fraction of sp³-hybridized carbons (Fsp3) is 0.0435. The number of ether oxygens (including phenoxy) is 1. The van der Waals surface area contributed by atoms with E-state index in [4.69, 9.17) is 8.92 Å². The highest BCUT2D eigenvalue weighted by atomic mass is 127. The van der Waals surface area contributed by atoms with Crippen molar-refractivity contribution in [2.24, 2.45) is 0 Å². The fourth-order valence-corrected chi connectivity index (χ4v) is 4.85. The van der Waals surface area contributed by atoms with Crippen LogP contribution in [0.1, 0.15) is 5.56 Å². The number of hydrogen-bond acceptors (Lipinski definition) is 10. The molecule has 0 aliphatic carbocycles. The third-order valence-corrected chi connectivity index (χ3v) is 6.81. The van der Waals surface area contributed by atoms with Crippen molar-refractivity contribution in [1.82, 2.24) is 0 Å². The van der Waals surface area contributed by atoms with Gasteiger partial charge in [0, 0.05) is 30.0 Å². The second-order valence-corrected chi connectivity index (χ2v) is 9.96. The van der Waals surface area contributed by atoms with Gasteiger partial charge >= 0.3 is 10.1 Å². The number of nitro benzene ring substituents is 2. The molecule has 1 amide bonds. The molecule has 3 aromatic rings. The van der Waals surface area contributed by atoms with Crippen molar-refractivity contribution in [3.8, 4) is 17.6 Å².